The van der Waals surface area contributed by atoms with Crippen LogP contribution in [0.25, 0.3) is 0 Å². The van der Waals surface area contributed by atoms with Crippen LogP contribution in [-0.4, -0.2) is 115 Å². The summed E-state index contributed by atoms with van der Waals surface area (Å²) in [6.45, 7) is 2.89. The first-order chi connectivity index (χ1) is 31.6. The zero-order valence-electron chi connectivity index (χ0n) is 38.8. The third kappa shape index (κ3) is 28.0. The summed E-state index contributed by atoms with van der Waals surface area (Å²) in [6.07, 6.45) is 27.5. The summed E-state index contributed by atoms with van der Waals surface area (Å²) >= 11 is 0. The molecule has 0 bridgehead atoms. The SMILES string of the molecule is CC/C=C\C/C=C\C/C=C\CCCCCCCC(=O)OC[C@H](COP(=O)(O)O[C@H]1C(O)C(O)C(O)[C@@H](OP(=O)(O)O)C1O)OC(=O)CCC/C=C\C/C=C\CC1OC1C/C=C\CCCCC. The van der Waals surface area contributed by atoms with Gasteiger partial charge in [0.15, 0.2) is 6.10 Å². The highest BCUT2D eigenvalue weighted by Crippen LogP contribution is 2.49. The summed E-state index contributed by atoms with van der Waals surface area (Å²) < 4.78 is 55.0. The highest BCUT2D eigenvalue weighted by molar-refractivity contribution is 7.47. The molecule has 7 unspecified atom stereocenters. The number of esters is 2. The molecule has 17 nitrogen and oxygen atoms in total. The summed E-state index contributed by atoms with van der Waals surface area (Å²) in [7, 11) is -10.7. The van der Waals surface area contributed by atoms with E-state index < -0.39 is 83.5 Å². The number of aliphatic hydroxyl groups excluding tert-OH is 4. The van der Waals surface area contributed by atoms with Crippen LogP contribution >= 0.6 is 15.6 Å². The Balaban J connectivity index is 1.83. The lowest BCUT2D eigenvalue weighted by molar-refractivity contribution is -0.216. The second-order valence-electron chi connectivity index (χ2n) is 16.5. The maximum Gasteiger partial charge on any atom is 0.472 e. The molecule has 1 aliphatic carbocycles. The summed E-state index contributed by atoms with van der Waals surface area (Å²) in [5.41, 5.74) is 0. The fraction of sp³-hybridized carbons (Fsp3) is 0.702. The van der Waals surface area contributed by atoms with Gasteiger partial charge >= 0.3 is 27.6 Å². The van der Waals surface area contributed by atoms with Crippen LogP contribution < -0.4 is 0 Å². The van der Waals surface area contributed by atoms with Gasteiger partial charge in [0.1, 0.15) is 43.2 Å². The topological polar surface area (TPSA) is 269 Å². The van der Waals surface area contributed by atoms with E-state index >= 15 is 0 Å². The van der Waals surface area contributed by atoms with Gasteiger partial charge in [-0.1, -0.05) is 119 Å². The number of phosphoric acid groups is 2. The van der Waals surface area contributed by atoms with Crippen molar-refractivity contribution in [1.29, 1.82) is 0 Å². The average Bonchev–Trinajstić information content (AvgIpc) is 4.03. The minimum Gasteiger partial charge on any atom is -0.462 e. The van der Waals surface area contributed by atoms with E-state index in [0.717, 1.165) is 70.6 Å². The van der Waals surface area contributed by atoms with E-state index in [0.29, 0.717) is 25.7 Å². The Hall–Kier alpha value is -2.60. The number of allylic oxidation sites excluding steroid dienone is 10. The van der Waals surface area contributed by atoms with E-state index in [4.69, 9.17) is 23.3 Å². The molecule has 19 heteroatoms. The number of ether oxygens (including phenoxy) is 3. The lowest BCUT2D eigenvalue weighted by atomic mass is 9.85. The number of carbonyl (C=O) groups is 2. The third-order valence-electron chi connectivity index (χ3n) is 10.7. The van der Waals surface area contributed by atoms with Crippen LogP contribution in [0, 0.1) is 0 Å². The summed E-state index contributed by atoms with van der Waals surface area (Å²) in [4.78, 5) is 54.3. The standard InChI is InChI=1S/C47H78O17P2/c1-3-5-7-9-11-12-13-14-15-16-17-18-21-25-29-33-40(48)59-35-37(36-60-66(57,58)64-47-44(52)42(50)43(51)46(45(47)53)63-65(54,55)56)61-41(49)34-30-26-22-19-20-24-28-32-39-38(62-39)31-27-23-10-8-6-4-2/h5,7,11-12,14-15,19,22-24,27-28,37-39,42-47,50-53H,3-4,6,8-10,13,16-18,20-21,25-26,29-36H2,1-2H3,(H,57,58)(H2,54,55,56)/b7-5-,12-11-,15-14-,22-19-,27-23-,28-24-/t37-,38?,39?,42?,43?,44?,45?,46-,47+/m1/s1. The Labute approximate surface area is 391 Å². The fourth-order valence-electron chi connectivity index (χ4n) is 6.90. The normalized spacial score (nSPS) is 25.2. The van der Waals surface area contributed by atoms with E-state index in [1.54, 1.807) is 0 Å². The molecule has 0 spiro atoms. The number of rotatable bonds is 37. The highest BCUT2D eigenvalue weighted by Gasteiger charge is 2.54. The number of phosphoric ester groups is 2. The predicted octanol–water partition coefficient (Wildman–Crippen LogP) is 7.83. The zero-order chi connectivity index (χ0) is 48.6. The molecule has 0 radical (unpaired) electrons. The van der Waals surface area contributed by atoms with Gasteiger partial charge in [0.2, 0.25) is 0 Å². The van der Waals surface area contributed by atoms with Crippen molar-refractivity contribution in [2.75, 3.05) is 13.2 Å². The molecule has 0 aromatic heterocycles. The molecular formula is C47H78O17P2. The monoisotopic (exact) mass is 976 g/mol. The zero-order valence-corrected chi connectivity index (χ0v) is 40.6. The molecular weight excluding hydrogens is 898 g/mol. The van der Waals surface area contributed by atoms with E-state index in [1.165, 1.54) is 19.3 Å². The van der Waals surface area contributed by atoms with Crippen LogP contribution in [0.2, 0.25) is 0 Å². The lowest BCUT2D eigenvalue weighted by Crippen LogP contribution is -2.64. The number of hydrogen-bond donors (Lipinski definition) is 7. The molecule has 0 aromatic carbocycles. The first-order valence-electron chi connectivity index (χ1n) is 23.6. The average molecular weight is 977 g/mol. The minimum absolute atomic E-state index is 0.0449. The molecule has 2 aliphatic rings. The fourth-order valence-corrected chi connectivity index (χ4v) is 8.44. The van der Waals surface area contributed by atoms with Gasteiger partial charge in [-0.15, -0.1) is 0 Å². The quantitative estimate of drug-likeness (QED) is 0.0103. The lowest BCUT2D eigenvalue weighted by Gasteiger charge is -2.43. The van der Waals surface area contributed by atoms with Crippen molar-refractivity contribution >= 4 is 27.6 Å². The minimum atomic E-state index is -5.38. The first-order valence-corrected chi connectivity index (χ1v) is 26.6. The van der Waals surface area contributed by atoms with Gasteiger partial charge in [-0.3, -0.25) is 23.2 Å². The van der Waals surface area contributed by atoms with Crippen LogP contribution in [0.5, 0.6) is 0 Å². The van der Waals surface area contributed by atoms with Gasteiger partial charge in [0, 0.05) is 12.8 Å². The van der Waals surface area contributed by atoms with Crippen LogP contribution in [0.1, 0.15) is 142 Å². The summed E-state index contributed by atoms with van der Waals surface area (Å²) in [6, 6.07) is 0. The molecule has 2 fully saturated rings. The number of aliphatic hydroxyl groups is 4. The molecule has 378 valence electrons. The molecule has 1 aliphatic heterocycles. The molecule has 0 amide bonds. The van der Waals surface area contributed by atoms with E-state index in [1.807, 2.05) is 12.2 Å². The Morgan fingerprint density at radius 1 is 0.561 bits per heavy atom. The molecule has 7 N–H and O–H groups in total. The molecule has 1 saturated carbocycles. The van der Waals surface area contributed by atoms with Crippen LogP contribution in [0.15, 0.2) is 72.9 Å². The molecule has 66 heavy (non-hydrogen) atoms. The number of unbranched alkanes of at least 4 members (excludes halogenated alkanes) is 9. The Kier molecular flexibility index (Phi) is 31.2. The van der Waals surface area contributed by atoms with Crippen LogP contribution in [0.4, 0.5) is 0 Å². The third-order valence-corrected chi connectivity index (χ3v) is 12.2. The molecule has 1 saturated heterocycles. The van der Waals surface area contributed by atoms with Crippen molar-refractivity contribution in [3.05, 3.63) is 72.9 Å². The summed E-state index contributed by atoms with van der Waals surface area (Å²) in [5, 5.41) is 41.2. The first kappa shape index (κ1) is 59.5. The Morgan fingerprint density at radius 2 is 1.06 bits per heavy atom. The maximum atomic E-state index is 13.0. The summed E-state index contributed by atoms with van der Waals surface area (Å²) in [5.74, 6) is -1.30. The van der Waals surface area contributed by atoms with Gasteiger partial charge in [-0.25, -0.2) is 9.13 Å². The van der Waals surface area contributed by atoms with E-state index in [9.17, 15) is 53.8 Å². The largest absolute Gasteiger partial charge is 0.472 e. The van der Waals surface area contributed by atoms with Crippen molar-refractivity contribution in [3.8, 4) is 0 Å². The Bertz CT molecular complexity index is 1620. The van der Waals surface area contributed by atoms with Crippen LogP contribution in [-0.2, 0) is 46.5 Å². The van der Waals surface area contributed by atoms with Gasteiger partial charge in [0.05, 0.1) is 18.8 Å². The van der Waals surface area contributed by atoms with Gasteiger partial charge < -0.3 is 49.3 Å². The molecule has 0 aromatic rings. The second kappa shape index (κ2) is 34.6. The van der Waals surface area contributed by atoms with E-state index in [-0.39, 0.29) is 25.0 Å². The predicted molar refractivity (Wildman–Crippen MR) is 250 cm³/mol. The highest BCUT2D eigenvalue weighted by atomic mass is 31.2. The van der Waals surface area contributed by atoms with Gasteiger partial charge in [-0.2, -0.15) is 0 Å². The van der Waals surface area contributed by atoms with Crippen molar-refractivity contribution in [1.82, 2.24) is 0 Å². The Morgan fingerprint density at radius 3 is 1.68 bits per heavy atom. The second-order valence-corrected chi connectivity index (χ2v) is 19.1. The molecule has 1 heterocycles. The van der Waals surface area contributed by atoms with E-state index in [2.05, 4.69) is 79.1 Å². The molecule has 10 atom stereocenters. The maximum absolute atomic E-state index is 13.0. The van der Waals surface area contributed by atoms with Crippen molar-refractivity contribution in [3.63, 3.8) is 0 Å². The van der Waals surface area contributed by atoms with Crippen molar-refractivity contribution in [2.45, 2.75) is 197 Å². The van der Waals surface area contributed by atoms with Gasteiger partial charge in [0.25, 0.3) is 0 Å². The van der Waals surface area contributed by atoms with Crippen molar-refractivity contribution in [2.24, 2.45) is 0 Å². The number of hydrogen-bond acceptors (Lipinski definition) is 14. The molecule has 2 rings (SSSR count). The van der Waals surface area contributed by atoms with Crippen LogP contribution in [0.3, 0.4) is 0 Å². The van der Waals surface area contributed by atoms with Crippen molar-refractivity contribution < 1.29 is 81.6 Å². The number of carbonyl (C=O) groups excluding carboxylic acids is 2. The van der Waals surface area contributed by atoms with Gasteiger partial charge in [-0.05, 0) is 83.5 Å². The number of epoxide rings is 1. The smallest absolute Gasteiger partial charge is 0.462 e.